The molecule has 2 heterocycles. The smallest absolute Gasteiger partial charge is 0.408 e. The number of nitrogens with one attached hydrogen (secondary N) is 1. The summed E-state index contributed by atoms with van der Waals surface area (Å²) in [6.07, 6.45) is -6.00. The van der Waals surface area contributed by atoms with Gasteiger partial charge in [0, 0.05) is 23.5 Å². The van der Waals surface area contributed by atoms with Crippen LogP contribution in [0.5, 0.6) is 5.75 Å². The molecule has 0 fully saturated rings. The van der Waals surface area contributed by atoms with Crippen molar-refractivity contribution in [3.8, 4) is 22.9 Å². The molecule has 0 radical (unpaired) electrons. The topological polar surface area (TPSA) is 58.0 Å². The molecule has 1 aromatic carbocycles. The number of nitrogens with zero attached hydrogens (tertiary/aromatic N) is 1. The van der Waals surface area contributed by atoms with Crippen LogP contribution in [0.4, 0.5) is 17.6 Å². The van der Waals surface area contributed by atoms with Crippen LogP contribution >= 0.6 is 0 Å². The molecule has 0 saturated carbocycles. The molecule has 1 aromatic heterocycles. The molecule has 0 atom stereocenters. The molecule has 0 aliphatic carbocycles. The summed E-state index contributed by atoms with van der Waals surface area (Å²) in [6.45, 7) is 0. The zero-order valence-corrected chi connectivity index (χ0v) is 10.2. The number of hydrogen-bond donors (Lipinski definition) is 1. The molecule has 0 bridgehead atoms. The third-order valence-electron chi connectivity index (χ3n) is 2.95. The Morgan fingerprint density at radius 2 is 1.86 bits per heavy atom. The van der Waals surface area contributed by atoms with Gasteiger partial charge in [-0.25, -0.2) is 4.74 Å². The van der Waals surface area contributed by atoms with Crippen molar-refractivity contribution in [1.29, 1.82) is 5.26 Å². The van der Waals surface area contributed by atoms with Gasteiger partial charge in [0.1, 0.15) is 11.8 Å². The fraction of sp³-hybridized carbons (Fsp3) is 0.154. The summed E-state index contributed by atoms with van der Waals surface area (Å²) in [5.74, 6) is -0.713. The van der Waals surface area contributed by atoms with Gasteiger partial charge in [-0.2, -0.15) is 14.0 Å². The number of aromatic nitrogens is 1. The zero-order chi connectivity index (χ0) is 15.3. The fourth-order valence-electron chi connectivity index (χ4n) is 2.11. The lowest BCUT2D eigenvalue weighted by molar-refractivity contribution is -0.461. The molecular formula is C13H6F4N2O2. The molecule has 0 saturated heterocycles. The van der Waals surface area contributed by atoms with E-state index in [9.17, 15) is 17.6 Å². The van der Waals surface area contributed by atoms with Gasteiger partial charge in [0.2, 0.25) is 0 Å². The van der Waals surface area contributed by atoms with Crippen molar-refractivity contribution in [3.63, 3.8) is 0 Å². The van der Waals surface area contributed by atoms with Crippen molar-refractivity contribution in [2.75, 3.05) is 0 Å². The Balaban J connectivity index is 2.25. The number of aromatic amines is 1. The number of benzene rings is 1. The van der Waals surface area contributed by atoms with E-state index in [0.29, 0.717) is 0 Å². The average molecular weight is 298 g/mol. The van der Waals surface area contributed by atoms with Crippen LogP contribution in [0, 0.1) is 11.3 Å². The number of H-pyrrole nitrogens is 1. The Hall–Kier alpha value is -2.53. The van der Waals surface area contributed by atoms with Crippen LogP contribution < -0.4 is 4.74 Å². The van der Waals surface area contributed by atoms with Crippen LogP contribution in [0.2, 0.25) is 0 Å². The zero-order valence-electron chi connectivity index (χ0n) is 10.2. The first-order chi connectivity index (χ1) is 9.84. The summed E-state index contributed by atoms with van der Waals surface area (Å²) >= 11 is 0. The molecule has 4 nitrogen and oxygen atoms in total. The first kappa shape index (κ1) is 13.5. The van der Waals surface area contributed by atoms with E-state index in [4.69, 9.17) is 5.26 Å². The molecule has 108 valence electrons. The highest BCUT2D eigenvalue weighted by atomic mass is 19.3. The molecule has 3 rings (SSSR count). The molecule has 1 aliphatic heterocycles. The largest absolute Gasteiger partial charge is 0.540 e. The Kier molecular flexibility index (Phi) is 2.71. The maximum atomic E-state index is 13.6. The van der Waals surface area contributed by atoms with Gasteiger partial charge in [-0.3, -0.25) is 0 Å². The van der Waals surface area contributed by atoms with Gasteiger partial charge in [-0.15, -0.1) is 8.78 Å². The fourth-order valence-corrected chi connectivity index (χ4v) is 2.11. The summed E-state index contributed by atoms with van der Waals surface area (Å²) in [6, 6.07) is 5.30. The monoisotopic (exact) mass is 298 g/mol. The highest BCUT2D eigenvalue weighted by Crippen LogP contribution is 2.50. The number of halogens is 4. The number of fused-ring (bicyclic) bond motifs is 1. The third kappa shape index (κ3) is 2.11. The number of rotatable bonds is 1. The maximum Gasteiger partial charge on any atom is 0.540 e. The number of ether oxygens (including phenoxy) is 2. The third-order valence-corrected chi connectivity index (χ3v) is 2.95. The highest BCUT2D eigenvalue weighted by Gasteiger charge is 2.55. The number of nitriles is 1. The van der Waals surface area contributed by atoms with E-state index >= 15 is 0 Å². The van der Waals surface area contributed by atoms with Crippen molar-refractivity contribution in [2.45, 2.75) is 12.4 Å². The van der Waals surface area contributed by atoms with E-state index in [-0.39, 0.29) is 16.7 Å². The predicted molar refractivity (Wildman–Crippen MR) is 61.5 cm³/mol. The van der Waals surface area contributed by atoms with Crippen molar-refractivity contribution < 1.29 is 27.0 Å². The second-order valence-corrected chi connectivity index (χ2v) is 4.26. The lowest BCUT2D eigenvalue weighted by Gasteiger charge is -2.31. The quantitative estimate of drug-likeness (QED) is 0.819. The van der Waals surface area contributed by atoms with Gasteiger partial charge in [-0.05, 0) is 6.07 Å². The van der Waals surface area contributed by atoms with Crippen molar-refractivity contribution in [1.82, 2.24) is 4.98 Å². The minimum atomic E-state index is -4.46. The SMILES string of the molecule is N#Cc1c[nH]cc1-c1cccc2c1OC(F)(F)OC2(F)F. The van der Waals surface area contributed by atoms with Gasteiger partial charge < -0.3 is 9.72 Å². The van der Waals surface area contributed by atoms with Crippen molar-refractivity contribution in [2.24, 2.45) is 0 Å². The van der Waals surface area contributed by atoms with Crippen LogP contribution in [0.25, 0.3) is 11.1 Å². The van der Waals surface area contributed by atoms with E-state index in [1.165, 1.54) is 24.5 Å². The van der Waals surface area contributed by atoms with Gasteiger partial charge in [0.25, 0.3) is 0 Å². The highest BCUT2D eigenvalue weighted by molar-refractivity contribution is 5.77. The first-order valence-electron chi connectivity index (χ1n) is 5.69. The number of para-hydroxylation sites is 1. The Morgan fingerprint density at radius 1 is 1.10 bits per heavy atom. The Bertz CT molecular complexity index is 749. The molecule has 0 spiro atoms. The van der Waals surface area contributed by atoms with Gasteiger partial charge in [0.15, 0.2) is 0 Å². The van der Waals surface area contributed by atoms with Crippen LogP contribution in [0.3, 0.4) is 0 Å². The Labute approximate surface area is 115 Å². The standard InChI is InChI=1S/C13H6F4N2O2/c14-12(15)10-3-1-2-8(9-6-19-5-7(9)4-18)11(10)20-13(16,17)21-12/h1-3,5-6,19H. The summed E-state index contributed by atoms with van der Waals surface area (Å²) in [5, 5.41) is 8.95. The van der Waals surface area contributed by atoms with Crippen LogP contribution in [-0.2, 0) is 10.8 Å². The molecule has 8 heteroatoms. The summed E-state index contributed by atoms with van der Waals surface area (Å²) in [4.78, 5) is 2.61. The minimum Gasteiger partial charge on any atom is -0.408 e. The molecular weight excluding hydrogens is 292 g/mol. The average Bonchev–Trinajstić information content (AvgIpc) is 2.84. The molecule has 2 aromatic rings. The lowest BCUT2D eigenvalue weighted by Crippen LogP contribution is -2.41. The lowest BCUT2D eigenvalue weighted by atomic mass is 10.00. The molecule has 1 aliphatic rings. The predicted octanol–water partition coefficient (Wildman–Crippen LogP) is 3.56. The van der Waals surface area contributed by atoms with E-state index in [1.807, 2.05) is 6.07 Å². The van der Waals surface area contributed by atoms with Crippen LogP contribution in [-0.4, -0.2) is 11.3 Å². The molecule has 21 heavy (non-hydrogen) atoms. The van der Waals surface area contributed by atoms with E-state index in [0.717, 1.165) is 6.07 Å². The number of hydrogen-bond acceptors (Lipinski definition) is 3. The van der Waals surface area contributed by atoms with Gasteiger partial charge >= 0.3 is 12.4 Å². The summed E-state index contributed by atoms with van der Waals surface area (Å²) in [7, 11) is 0. The minimum absolute atomic E-state index is 0.0482. The Morgan fingerprint density at radius 3 is 2.57 bits per heavy atom. The van der Waals surface area contributed by atoms with Crippen molar-refractivity contribution in [3.05, 3.63) is 41.7 Å². The summed E-state index contributed by atoms with van der Waals surface area (Å²) in [5.41, 5.74) is -0.572. The molecule has 1 N–H and O–H groups in total. The first-order valence-corrected chi connectivity index (χ1v) is 5.69. The van der Waals surface area contributed by atoms with Gasteiger partial charge in [0.05, 0.1) is 11.1 Å². The normalized spacial score (nSPS) is 18.4. The van der Waals surface area contributed by atoms with Crippen LogP contribution in [0.15, 0.2) is 30.6 Å². The van der Waals surface area contributed by atoms with Gasteiger partial charge in [-0.1, -0.05) is 12.1 Å². The van der Waals surface area contributed by atoms with Crippen LogP contribution in [0.1, 0.15) is 11.1 Å². The number of alkyl halides is 4. The molecule has 0 amide bonds. The van der Waals surface area contributed by atoms with E-state index in [1.54, 1.807) is 0 Å². The summed E-state index contributed by atoms with van der Waals surface area (Å²) < 4.78 is 61.3. The maximum absolute atomic E-state index is 13.6. The van der Waals surface area contributed by atoms with E-state index in [2.05, 4.69) is 14.5 Å². The molecule has 0 unspecified atom stereocenters. The van der Waals surface area contributed by atoms with Crippen molar-refractivity contribution >= 4 is 0 Å². The second-order valence-electron chi connectivity index (χ2n) is 4.26. The van der Waals surface area contributed by atoms with E-state index < -0.39 is 23.7 Å². The second kappa shape index (κ2) is 4.23.